The molecule has 4 nitrogen and oxygen atoms in total. The molecule has 104 valence electrons. The summed E-state index contributed by atoms with van der Waals surface area (Å²) in [6.07, 6.45) is -3.92. The second kappa shape index (κ2) is 5.28. The largest absolute Gasteiger partial charge is 0.496 e. The van der Waals surface area contributed by atoms with E-state index in [4.69, 9.17) is 4.74 Å². The van der Waals surface area contributed by atoms with Crippen molar-refractivity contribution in [2.24, 2.45) is 0 Å². The zero-order valence-electron chi connectivity index (χ0n) is 10.3. The van der Waals surface area contributed by atoms with Crippen molar-refractivity contribution < 1.29 is 22.7 Å². The first-order chi connectivity index (χ1) is 9.45. The molecule has 2 aromatic rings. The Bertz CT molecular complexity index is 625. The summed E-state index contributed by atoms with van der Waals surface area (Å²) >= 11 is 0. The third-order valence-corrected chi connectivity index (χ3v) is 2.61. The van der Waals surface area contributed by atoms with E-state index in [1.54, 1.807) is 0 Å². The maximum Gasteiger partial charge on any atom is 0.416 e. The topological polar surface area (TPSA) is 52.1 Å². The first kappa shape index (κ1) is 14.0. The van der Waals surface area contributed by atoms with Gasteiger partial charge in [0, 0.05) is 5.56 Å². The number of halogens is 3. The molecule has 0 saturated heterocycles. The van der Waals surface area contributed by atoms with Crippen LogP contribution < -0.4 is 4.74 Å². The number of hydrogen-bond donors (Lipinski definition) is 0. The molecular formula is C13H9F3N2O2. The first-order valence-corrected chi connectivity index (χ1v) is 5.50. The number of methoxy groups -OCH3 is 1. The molecular weight excluding hydrogens is 273 g/mol. The molecule has 0 spiro atoms. The van der Waals surface area contributed by atoms with Gasteiger partial charge in [0.15, 0.2) is 6.29 Å². The zero-order chi connectivity index (χ0) is 14.8. The molecule has 0 fully saturated rings. The van der Waals surface area contributed by atoms with Gasteiger partial charge in [-0.2, -0.15) is 13.2 Å². The van der Waals surface area contributed by atoms with E-state index in [0.717, 1.165) is 12.1 Å². The van der Waals surface area contributed by atoms with Crippen LogP contribution in [0.2, 0.25) is 0 Å². The van der Waals surface area contributed by atoms with E-state index >= 15 is 0 Å². The van der Waals surface area contributed by atoms with E-state index in [1.807, 2.05) is 0 Å². The standard InChI is InChI=1S/C13H9F3N2O2/c1-20-12-6-8(13(14,15)16)2-4-10(12)11-5-3-9(7-19)17-18-11/h2-7H,1H3. The lowest BCUT2D eigenvalue weighted by Crippen LogP contribution is -2.05. The third-order valence-electron chi connectivity index (χ3n) is 2.61. The van der Waals surface area contributed by atoms with Gasteiger partial charge in [0.05, 0.1) is 18.4 Å². The number of nitrogens with zero attached hydrogens (tertiary/aromatic N) is 2. The van der Waals surface area contributed by atoms with E-state index in [1.165, 1.54) is 25.3 Å². The average Bonchev–Trinajstić information content (AvgIpc) is 2.45. The average molecular weight is 282 g/mol. The summed E-state index contributed by atoms with van der Waals surface area (Å²) in [5.41, 5.74) is 0.0156. The fraction of sp³-hybridized carbons (Fsp3) is 0.154. The Morgan fingerprint density at radius 1 is 1.15 bits per heavy atom. The monoisotopic (exact) mass is 282 g/mol. The highest BCUT2D eigenvalue weighted by Crippen LogP contribution is 2.36. The fourth-order valence-electron chi connectivity index (χ4n) is 1.63. The Balaban J connectivity index is 2.48. The van der Waals surface area contributed by atoms with Gasteiger partial charge in [-0.3, -0.25) is 4.79 Å². The van der Waals surface area contributed by atoms with Crippen molar-refractivity contribution in [2.75, 3.05) is 7.11 Å². The Kier molecular flexibility index (Phi) is 3.69. The molecule has 1 aromatic heterocycles. The summed E-state index contributed by atoms with van der Waals surface area (Å²) in [6.45, 7) is 0. The highest BCUT2D eigenvalue weighted by atomic mass is 19.4. The van der Waals surface area contributed by atoms with Crippen molar-refractivity contribution in [2.45, 2.75) is 6.18 Å². The molecule has 0 aliphatic heterocycles. The second-order valence-electron chi connectivity index (χ2n) is 3.87. The number of rotatable bonds is 3. The van der Waals surface area contributed by atoms with E-state index in [-0.39, 0.29) is 11.4 Å². The van der Waals surface area contributed by atoms with Gasteiger partial charge in [-0.25, -0.2) is 0 Å². The summed E-state index contributed by atoms with van der Waals surface area (Å²) in [5.74, 6) is 0.0352. The predicted molar refractivity (Wildman–Crippen MR) is 64.4 cm³/mol. The molecule has 1 heterocycles. The number of carbonyl (C=O) groups is 1. The van der Waals surface area contributed by atoms with E-state index in [0.29, 0.717) is 17.5 Å². The number of hydrogen-bond acceptors (Lipinski definition) is 4. The molecule has 0 aliphatic rings. The number of aldehydes is 1. The van der Waals surface area contributed by atoms with E-state index in [2.05, 4.69) is 10.2 Å². The molecule has 0 N–H and O–H groups in total. The molecule has 1 aromatic carbocycles. The fourth-order valence-corrected chi connectivity index (χ4v) is 1.63. The lowest BCUT2D eigenvalue weighted by molar-refractivity contribution is -0.137. The van der Waals surface area contributed by atoms with Crippen molar-refractivity contribution >= 4 is 6.29 Å². The SMILES string of the molecule is COc1cc(C(F)(F)F)ccc1-c1ccc(C=O)nn1. The Morgan fingerprint density at radius 3 is 2.40 bits per heavy atom. The van der Waals surface area contributed by atoms with Crippen molar-refractivity contribution in [1.29, 1.82) is 0 Å². The van der Waals surface area contributed by atoms with Crippen LogP contribution in [0.5, 0.6) is 5.75 Å². The molecule has 0 radical (unpaired) electrons. The summed E-state index contributed by atoms with van der Waals surface area (Å²) in [4.78, 5) is 10.5. The van der Waals surface area contributed by atoms with Crippen molar-refractivity contribution in [3.8, 4) is 17.0 Å². The van der Waals surface area contributed by atoms with Gasteiger partial charge < -0.3 is 4.74 Å². The molecule has 7 heteroatoms. The minimum Gasteiger partial charge on any atom is -0.496 e. The molecule has 0 saturated carbocycles. The van der Waals surface area contributed by atoms with Crippen LogP contribution in [0.25, 0.3) is 11.3 Å². The van der Waals surface area contributed by atoms with Gasteiger partial charge in [-0.1, -0.05) is 0 Å². The van der Waals surface area contributed by atoms with Crippen molar-refractivity contribution in [3.63, 3.8) is 0 Å². The van der Waals surface area contributed by atoms with Crippen LogP contribution in [0, 0.1) is 0 Å². The lowest BCUT2D eigenvalue weighted by Gasteiger charge is -2.12. The van der Waals surface area contributed by atoms with Gasteiger partial charge in [-0.15, -0.1) is 10.2 Å². The predicted octanol–water partition coefficient (Wildman–Crippen LogP) is 2.98. The second-order valence-corrected chi connectivity index (χ2v) is 3.87. The minimum absolute atomic E-state index is 0.0352. The maximum atomic E-state index is 12.6. The highest BCUT2D eigenvalue weighted by molar-refractivity contribution is 5.73. The molecule has 0 aliphatic carbocycles. The summed E-state index contributed by atoms with van der Waals surface area (Å²) in [6, 6.07) is 6.00. The van der Waals surface area contributed by atoms with E-state index < -0.39 is 11.7 Å². The number of benzene rings is 1. The van der Waals surface area contributed by atoms with Gasteiger partial charge >= 0.3 is 6.18 Å². The lowest BCUT2D eigenvalue weighted by atomic mass is 10.1. The smallest absolute Gasteiger partial charge is 0.416 e. The molecule has 20 heavy (non-hydrogen) atoms. The van der Waals surface area contributed by atoms with Crippen molar-refractivity contribution in [1.82, 2.24) is 10.2 Å². The van der Waals surface area contributed by atoms with E-state index in [9.17, 15) is 18.0 Å². The number of ether oxygens (including phenoxy) is 1. The number of aromatic nitrogens is 2. The normalized spacial score (nSPS) is 11.2. The van der Waals surface area contributed by atoms with Crippen LogP contribution >= 0.6 is 0 Å². The maximum absolute atomic E-state index is 12.6. The minimum atomic E-state index is -4.45. The first-order valence-electron chi connectivity index (χ1n) is 5.50. The Hall–Kier alpha value is -2.44. The summed E-state index contributed by atoms with van der Waals surface area (Å²) in [5, 5.41) is 7.40. The third kappa shape index (κ3) is 2.76. The molecule has 2 rings (SSSR count). The quantitative estimate of drug-likeness (QED) is 0.812. The van der Waals surface area contributed by atoms with Crippen LogP contribution in [0.15, 0.2) is 30.3 Å². The Labute approximate surface area is 112 Å². The van der Waals surface area contributed by atoms with Crippen LogP contribution in [0.1, 0.15) is 16.1 Å². The summed E-state index contributed by atoms with van der Waals surface area (Å²) < 4.78 is 42.8. The molecule has 0 unspecified atom stereocenters. The van der Waals surface area contributed by atoms with Crippen LogP contribution in [0.4, 0.5) is 13.2 Å². The van der Waals surface area contributed by atoms with Gasteiger partial charge in [-0.05, 0) is 30.3 Å². The number of carbonyl (C=O) groups excluding carboxylic acids is 1. The van der Waals surface area contributed by atoms with Gasteiger partial charge in [0.2, 0.25) is 0 Å². The van der Waals surface area contributed by atoms with Crippen LogP contribution in [-0.4, -0.2) is 23.6 Å². The zero-order valence-corrected chi connectivity index (χ0v) is 10.3. The molecule has 0 bridgehead atoms. The van der Waals surface area contributed by atoms with Crippen molar-refractivity contribution in [3.05, 3.63) is 41.6 Å². The number of alkyl halides is 3. The molecule has 0 atom stereocenters. The van der Waals surface area contributed by atoms with Crippen LogP contribution in [-0.2, 0) is 6.18 Å². The van der Waals surface area contributed by atoms with Crippen LogP contribution in [0.3, 0.4) is 0 Å². The Morgan fingerprint density at radius 2 is 1.90 bits per heavy atom. The molecule has 0 amide bonds. The summed E-state index contributed by atoms with van der Waals surface area (Å²) in [7, 11) is 1.27. The highest BCUT2D eigenvalue weighted by Gasteiger charge is 2.31. The van der Waals surface area contributed by atoms with Gasteiger partial charge in [0.1, 0.15) is 11.4 Å². The van der Waals surface area contributed by atoms with Gasteiger partial charge in [0.25, 0.3) is 0 Å².